The molecule has 2 aromatic heterocycles. The lowest BCUT2D eigenvalue weighted by Gasteiger charge is -2.11. The van der Waals surface area contributed by atoms with Crippen LogP contribution < -0.4 is 10.6 Å². The van der Waals surface area contributed by atoms with Gasteiger partial charge in [-0.2, -0.15) is 0 Å². The van der Waals surface area contributed by atoms with Crippen LogP contribution in [0.4, 0.5) is 11.4 Å². The minimum atomic E-state index is -0.298. The molecule has 162 valence electrons. The van der Waals surface area contributed by atoms with Crippen LogP contribution in [0.5, 0.6) is 0 Å². The quantitative estimate of drug-likeness (QED) is 0.385. The standard InChI is InChI=1S/C23H21N5O3S/c1-2-28-21(19-13-8-14-31-19)26-27-23(28)32-15-20(29)25-18-12-7-6-11-17(18)22(30)24-16-9-4-3-5-10-16/h3-14H,2,15H2,1H3,(H,24,30)(H,25,29). The zero-order valence-electron chi connectivity index (χ0n) is 17.3. The van der Waals surface area contributed by atoms with Gasteiger partial charge in [0, 0.05) is 12.2 Å². The highest BCUT2D eigenvalue weighted by atomic mass is 32.2. The van der Waals surface area contributed by atoms with Gasteiger partial charge in [-0.05, 0) is 43.3 Å². The zero-order valence-corrected chi connectivity index (χ0v) is 18.1. The number of nitrogens with zero attached hydrogens (tertiary/aromatic N) is 3. The van der Waals surface area contributed by atoms with Crippen LogP contribution in [-0.4, -0.2) is 32.3 Å². The second-order valence-electron chi connectivity index (χ2n) is 6.73. The Labute approximate surface area is 189 Å². The van der Waals surface area contributed by atoms with Gasteiger partial charge in [0.15, 0.2) is 16.7 Å². The summed E-state index contributed by atoms with van der Waals surface area (Å²) in [5, 5.41) is 14.6. The first-order valence-electron chi connectivity index (χ1n) is 10.0. The highest BCUT2D eigenvalue weighted by Crippen LogP contribution is 2.25. The maximum absolute atomic E-state index is 12.7. The van der Waals surface area contributed by atoms with E-state index in [0.29, 0.717) is 40.2 Å². The fourth-order valence-electron chi connectivity index (χ4n) is 3.10. The molecule has 2 amide bonds. The first-order valence-corrected chi connectivity index (χ1v) is 11.0. The fourth-order valence-corrected chi connectivity index (χ4v) is 3.90. The molecule has 0 spiro atoms. The molecule has 0 fully saturated rings. The summed E-state index contributed by atoms with van der Waals surface area (Å²) in [5.41, 5.74) is 1.51. The van der Waals surface area contributed by atoms with E-state index in [9.17, 15) is 9.59 Å². The maximum Gasteiger partial charge on any atom is 0.257 e. The number of hydrogen-bond acceptors (Lipinski definition) is 6. The molecule has 0 atom stereocenters. The Morgan fingerprint density at radius 2 is 1.75 bits per heavy atom. The third-order valence-electron chi connectivity index (χ3n) is 4.58. The number of para-hydroxylation sites is 2. The van der Waals surface area contributed by atoms with E-state index in [-0.39, 0.29) is 17.6 Å². The molecule has 32 heavy (non-hydrogen) atoms. The third kappa shape index (κ3) is 4.89. The minimum absolute atomic E-state index is 0.116. The minimum Gasteiger partial charge on any atom is -0.461 e. The fraction of sp³-hybridized carbons (Fsp3) is 0.130. The van der Waals surface area contributed by atoms with Crippen molar-refractivity contribution in [3.05, 3.63) is 78.6 Å². The van der Waals surface area contributed by atoms with Crippen LogP contribution in [0.2, 0.25) is 0 Å². The third-order valence-corrected chi connectivity index (χ3v) is 5.55. The predicted molar refractivity (Wildman–Crippen MR) is 124 cm³/mol. The summed E-state index contributed by atoms with van der Waals surface area (Å²) >= 11 is 1.27. The smallest absolute Gasteiger partial charge is 0.257 e. The Kier molecular flexibility index (Phi) is 6.66. The van der Waals surface area contributed by atoms with Gasteiger partial charge in [0.25, 0.3) is 5.91 Å². The van der Waals surface area contributed by atoms with Crippen LogP contribution in [0.15, 0.2) is 82.6 Å². The van der Waals surface area contributed by atoms with Crippen molar-refractivity contribution >= 4 is 35.0 Å². The molecular weight excluding hydrogens is 426 g/mol. The largest absolute Gasteiger partial charge is 0.461 e. The highest BCUT2D eigenvalue weighted by Gasteiger charge is 2.17. The Balaban J connectivity index is 1.42. The van der Waals surface area contributed by atoms with Gasteiger partial charge in [0.05, 0.1) is 23.3 Å². The Bertz CT molecular complexity index is 1210. The van der Waals surface area contributed by atoms with Gasteiger partial charge in [-0.15, -0.1) is 10.2 Å². The normalized spacial score (nSPS) is 10.7. The molecule has 2 aromatic carbocycles. The van der Waals surface area contributed by atoms with Gasteiger partial charge in [-0.3, -0.25) is 14.2 Å². The maximum atomic E-state index is 12.7. The van der Waals surface area contributed by atoms with E-state index in [4.69, 9.17) is 4.42 Å². The molecule has 0 radical (unpaired) electrons. The van der Waals surface area contributed by atoms with Crippen molar-refractivity contribution in [2.24, 2.45) is 0 Å². The summed E-state index contributed by atoms with van der Waals surface area (Å²) < 4.78 is 7.30. The number of anilines is 2. The first-order chi connectivity index (χ1) is 15.7. The molecular formula is C23H21N5O3S. The number of amides is 2. The van der Waals surface area contributed by atoms with E-state index in [1.807, 2.05) is 35.8 Å². The Hall–Kier alpha value is -3.85. The monoisotopic (exact) mass is 447 g/mol. The molecule has 2 N–H and O–H groups in total. The topological polar surface area (TPSA) is 102 Å². The van der Waals surface area contributed by atoms with Gasteiger partial charge in [0.1, 0.15) is 0 Å². The molecule has 4 aromatic rings. The lowest BCUT2D eigenvalue weighted by molar-refractivity contribution is -0.113. The number of carbonyl (C=O) groups excluding carboxylic acids is 2. The number of benzene rings is 2. The number of nitrogens with one attached hydrogen (secondary N) is 2. The Morgan fingerprint density at radius 3 is 2.50 bits per heavy atom. The lowest BCUT2D eigenvalue weighted by atomic mass is 10.1. The summed E-state index contributed by atoms with van der Waals surface area (Å²) in [5.74, 6) is 0.802. The lowest BCUT2D eigenvalue weighted by Crippen LogP contribution is -2.19. The van der Waals surface area contributed by atoms with Crippen molar-refractivity contribution in [1.29, 1.82) is 0 Å². The van der Waals surface area contributed by atoms with E-state index in [1.165, 1.54) is 11.8 Å². The molecule has 0 aliphatic carbocycles. The van der Waals surface area contributed by atoms with Crippen LogP contribution in [0.3, 0.4) is 0 Å². The molecule has 2 heterocycles. The summed E-state index contributed by atoms with van der Waals surface area (Å²) in [6.45, 7) is 2.61. The number of aromatic nitrogens is 3. The summed E-state index contributed by atoms with van der Waals surface area (Å²) in [7, 11) is 0. The summed E-state index contributed by atoms with van der Waals surface area (Å²) in [6, 6.07) is 19.7. The van der Waals surface area contributed by atoms with E-state index in [0.717, 1.165) is 0 Å². The molecule has 0 saturated carbocycles. The number of thioether (sulfide) groups is 1. The first kappa shape index (κ1) is 21.4. The van der Waals surface area contributed by atoms with Gasteiger partial charge in [-0.1, -0.05) is 42.1 Å². The van der Waals surface area contributed by atoms with E-state index in [2.05, 4.69) is 20.8 Å². The molecule has 9 heteroatoms. The molecule has 4 rings (SSSR count). The van der Waals surface area contributed by atoms with Gasteiger partial charge < -0.3 is 15.1 Å². The van der Waals surface area contributed by atoms with Crippen molar-refractivity contribution in [1.82, 2.24) is 14.8 Å². The number of furan rings is 1. The van der Waals surface area contributed by atoms with Gasteiger partial charge in [-0.25, -0.2) is 0 Å². The van der Waals surface area contributed by atoms with Crippen LogP contribution in [-0.2, 0) is 11.3 Å². The highest BCUT2D eigenvalue weighted by molar-refractivity contribution is 7.99. The van der Waals surface area contributed by atoms with E-state index in [1.54, 1.807) is 48.7 Å². The van der Waals surface area contributed by atoms with Gasteiger partial charge >= 0.3 is 0 Å². The Morgan fingerprint density at radius 1 is 0.969 bits per heavy atom. The summed E-state index contributed by atoms with van der Waals surface area (Å²) in [4.78, 5) is 25.3. The second kappa shape index (κ2) is 9.97. The SMILES string of the molecule is CCn1c(SCC(=O)Nc2ccccc2C(=O)Nc2ccccc2)nnc1-c1ccco1. The van der Waals surface area contributed by atoms with Crippen LogP contribution >= 0.6 is 11.8 Å². The second-order valence-corrected chi connectivity index (χ2v) is 7.67. The van der Waals surface area contributed by atoms with E-state index >= 15 is 0 Å². The molecule has 0 bridgehead atoms. The molecule has 0 unspecified atom stereocenters. The summed E-state index contributed by atoms with van der Waals surface area (Å²) in [6.07, 6.45) is 1.58. The van der Waals surface area contributed by atoms with Crippen molar-refractivity contribution in [3.8, 4) is 11.6 Å². The zero-order chi connectivity index (χ0) is 22.3. The number of carbonyl (C=O) groups is 2. The average molecular weight is 448 g/mol. The number of hydrogen-bond donors (Lipinski definition) is 2. The van der Waals surface area contributed by atoms with Crippen LogP contribution in [0, 0.1) is 0 Å². The molecule has 0 aliphatic heterocycles. The van der Waals surface area contributed by atoms with Crippen LogP contribution in [0.25, 0.3) is 11.6 Å². The van der Waals surface area contributed by atoms with Crippen molar-refractivity contribution in [3.63, 3.8) is 0 Å². The van der Waals surface area contributed by atoms with Gasteiger partial charge in [0.2, 0.25) is 5.91 Å². The van der Waals surface area contributed by atoms with Crippen molar-refractivity contribution in [2.45, 2.75) is 18.6 Å². The molecule has 8 nitrogen and oxygen atoms in total. The van der Waals surface area contributed by atoms with Crippen LogP contribution in [0.1, 0.15) is 17.3 Å². The molecule has 0 aliphatic rings. The van der Waals surface area contributed by atoms with E-state index < -0.39 is 0 Å². The number of rotatable bonds is 8. The molecule has 0 saturated heterocycles. The predicted octanol–water partition coefficient (Wildman–Crippen LogP) is 4.54. The van der Waals surface area contributed by atoms with Crippen molar-refractivity contribution < 1.29 is 14.0 Å². The average Bonchev–Trinajstić information content (AvgIpc) is 3.48. The van der Waals surface area contributed by atoms with Crippen molar-refractivity contribution in [2.75, 3.05) is 16.4 Å².